The Morgan fingerprint density at radius 2 is 1.83 bits per heavy atom. The van der Waals surface area contributed by atoms with Crippen LogP contribution in [0, 0.1) is 0 Å². The summed E-state index contributed by atoms with van der Waals surface area (Å²) in [6.07, 6.45) is 0. The van der Waals surface area contributed by atoms with E-state index in [9.17, 15) is 9.90 Å². The minimum Gasteiger partial charge on any atom is -0.480 e. The summed E-state index contributed by atoms with van der Waals surface area (Å²) < 4.78 is 1.75. The summed E-state index contributed by atoms with van der Waals surface area (Å²) in [5.41, 5.74) is 3.77. The van der Waals surface area contributed by atoms with E-state index in [1.807, 2.05) is 50.5 Å². The van der Waals surface area contributed by atoms with E-state index >= 15 is 0 Å². The molecule has 2 aromatic carbocycles. The first-order chi connectivity index (χ1) is 11.0. The van der Waals surface area contributed by atoms with Crippen molar-refractivity contribution in [3.8, 4) is 11.4 Å². The Hall–Kier alpha value is -2.66. The molecule has 0 saturated carbocycles. The zero-order valence-corrected chi connectivity index (χ0v) is 13.2. The number of fused-ring (bicyclic) bond motifs is 1. The van der Waals surface area contributed by atoms with Crippen LogP contribution in [0.5, 0.6) is 0 Å². The van der Waals surface area contributed by atoms with Crippen molar-refractivity contribution in [2.24, 2.45) is 0 Å². The quantitative estimate of drug-likeness (QED) is 0.787. The molecule has 0 bridgehead atoms. The average Bonchev–Trinajstić information content (AvgIpc) is 2.86. The third-order valence-corrected chi connectivity index (χ3v) is 3.66. The van der Waals surface area contributed by atoms with E-state index in [0.29, 0.717) is 5.82 Å². The maximum atomic E-state index is 11.2. The predicted molar refractivity (Wildman–Crippen MR) is 90.2 cm³/mol. The Balaban J connectivity index is 2.06. The van der Waals surface area contributed by atoms with Crippen molar-refractivity contribution >= 4 is 17.0 Å². The van der Waals surface area contributed by atoms with Crippen LogP contribution in [0.1, 0.15) is 5.56 Å². The van der Waals surface area contributed by atoms with Crippen LogP contribution in [-0.4, -0.2) is 39.6 Å². The first-order valence-electron chi connectivity index (χ1n) is 7.45. The highest BCUT2D eigenvalue weighted by Crippen LogP contribution is 2.25. The minimum absolute atomic E-state index is 0.102. The van der Waals surface area contributed by atoms with E-state index < -0.39 is 5.97 Å². The van der Waals surface area contributed by atoms with Crippen LogP contribution < -0.4 is 0 Å². The van der Waals surface area contributed by atoms with Gasteiger partial charge in [0.05, 0.1) is 11.0 Å². The summed E-state index contributed by atoms with van der Waals surface area (Å²) in [5, 5.41) is 9.21. The molecule has 1 N–H and O–H groups in total. The number of hydrogen-bond acceptors (Lipinski definition) is 3. The molecule has 23 heavy (non-hydrogen) atoms. The van der Waals surface area contributed by atoms with Crippen LogP contribution in [0.2, 0.25) is 0 Å². The molecular weight excluding hydrogens is 290 g/mol. The Morgan fingerprint density at radius 1 is 1.13 bits per heavy atom. The van der Waals surface area contributed by atoms with Gasteiger partial charge in [-0.1, -0.05) is 36.4 Å². The van der Waals surface area contributed by atoms with Gasteiger partial charge in [-0.15, -0.1) is 0 Å². The molecule has 118 valence electrons. The van der Waals surface area contributed by atoms with E-state index in [2.05, 4.69) is 22.0 Å². The van der Waals surface area contributed by atoms with Gasteiger partial charge in [0.25, 0.3) is 0 Å². The van der Waals surface area contributed by atoms with Crippen molar-refractivity contribution in [2.75, 3.05) is 14.1 Å². The van der Waals surface area contributed by atoms with Crippen LogP contribution in [0.25, 0.3) is 22.4 Å². The third kappa shape index (κ3) is 3.24. The van der Waals surface area contributed by atoms with E-state index in [4.69, 9.17) is 0 Å². The second-order valence-electron chi connectivity index (χ2n) is 5.84. The number of carboxylic acid groups (broad SMARTS) is 1. The van der Waals surface area contributed by atoms with Crippen molar-refractivity contribution in [3.05, 3.63) is 54.1 Å². The maximum absolute atomic E-state index is 11.2. The van der Waals surface area contributed by atoms with E-state index in [1.165, 1.54) is 5.56 Å². The van der Waals surface area contributed by atoms with Gasteiger partial charge in [-0.3, -0.25) is 4.79 Å². The number of carboxylic acids is 1. The van der Waals surface area contributed by atoms with Gasteiger partial charge in [0.1, 0.15) is 12.4 Å². The number of nitrogens with zero attached hydrogens (tertiary/aromatic N) is 3. The van der Waals surface area contributed by atoms with E-state index in [0.717, 1.165) is 23.1 Å². The number of imidazole rings is 1. The van der Waals surface area contributed by atoms with Crippen LogP contribution in [-0.2, 0) is 17.9 Å². The number of para-hydroxylation sites is 2. The molecule has 0 unspecified atom stereocenters. The van der Waals surface area contributed by atoms with Gasteiger partial charge in [-0.25, -0.2) is 4.98 Å². The van der Waals surface area contributed by atoms with E-state index in [-0.39, 0.29) is 6.54 Å². The monoisotopic (exact) mass is 309 g/mol. The largest absolute Gasteiger partial charge is 0.480 e. The van der Waals surface area contributed by atoms with Gasteiger partial charge in [0.2, 0.25) is 0 Å². The van der Waals surface area contributed by atoms with Crippen molar-refractivity contribution in [3.63, 3.8) is 0 Å². The Kier molecular flexibility index (Phi) is 4.12. The highest BCUT2D eigenvalue weighted by atomic mass is 16.4. The van der Waals surface area contributed by atoms with Crippen LogP contribution in [0.4, 0.5) is 0 Å². The molecule has 3 rings (SSSR count). The van der Waals surface area contributed by atoms with Gasteiger partial charge >= 0.3 is 5.97 Å². The summed E-state index contributed by atoms with van der Waals surface area (Å²) in [6.45, 7) is 0.765. The van der Waals surface area contributed by atoms with Gasteiger partial charge in [-0.2, -0.15) is 0 Å². The lowest BCUT2D eigenvalue weighted by Gasteiger charge is -2.10. The first kappa shape index (κ1) is 15.2. The predicted octanol–water partition coefficient (Wildman–Crippen LogP) is 2.85. The molecule has 0 saturated heterocycles. The number of benzene rings is 2. The van der Waals surface area contributed by atoms with Crippen LogP contribution in [0.3, 0.4) is 0 Å². The Labute approximate surface area is 134 Å². The third-order valence-electron chi connectivity index (χ3n) is 3.66. The van der Waals surface area contributed by atoms with Gasteiger partial charge in [0.15, 0.2) is 0 Å². The minimum atomic E-state index is -0.876. The number of hydrogen-bond donors (Lipinski definition) is 1. The van der Waals surface area contributed by atoms with Crippen LogP contribution >= 0.6 is 0 Å². The fraction of sp³-hybridized carbons (Fsp3) is 0.222. The summed E-state index contributed by atoms with van der Waals surface area (Å²) in [5.74, 6) is -0.191. The lowest BCUT2D eigenvalue weighted by molar-refractivity contribution is -0.137. The van der Waals surface area contributed by atoms with Gasteiger partial charge in [-0.05, 0) is 31.8 Å². The molecule has 0 amide bonds. The summed E-state index contributed by atoms with van der Waals surface area (Å²) in [4.78, 5) is 17.9. The zero-order chi connectivity index (χ0) is 16.4. The first-order valence-corrected chi connectivity index (χ1v) is 7.45. The molecule has 0 radical (unpaired) electrons. The summed E-state index contributed by atoms with van der Waals surface area (Å²) >= 11 is 0. The lowest BCUT2D eigenvalue weighted by Crippen LogP contribution is -2.11. The van der Waals surface area contributed by atoms with Crippen molar-refractivity contribution in [1.29, 1.82) is 0 Å². The average molecular weight is 309 g/mol. The molecule has 5 nitrogen and oxygen atoms in total. The molecule has 0 aliphatic heterocycles. The number of aliphatic carboxylic acids is 1. The fourth-order valence-electron chi connectivity index (χ4n) is 2.72. The van der Waals surface area contributed by atoms with Gasteiger partial charge in [0, 0.05) is 12.1 Å². The molecule has 1 heterocycles. The molecule has 0 aliphatic rings. The molecule has 1 aromatic heterocycles. The zero-order valence-electron chi connectivity index (χ0n) is 13.2. The Bertz CT molecular complexity index is 835. The number of carbonyl (C=O) groups is 1. The standard InChI is InChI=1S/C18H19N3O2/c1-20(2)11-13-7-9-14(10-8-13)18-19-15-5-3-4-6-16(15)21(18)12-17(22)23/h3-10H,11-12H2,1-2H3,(H,22,23). The van der Waals surface area contributed by atoms with Crippen LogP contribution in [0.15, 0.2) is 48.5 Å². The fourth-order valence-corrected chi connectivity index (χ4v) is 2.72. The summed E-state index contributed by atoms with van der Waals surface area (Å²) in [7, 11) is 4.06. The molecular formula is C18H19N3O2. The normalized spacial score (nSPS) is 11.3. The molecule has 0 atom stereocenters. The van der Waals surface area contributed by atoms with Crippen molar-refractivity contribution in [2.45, 2.75) is 13.1 Å². The highest BCUT2D eigenvalue weighted by molar-refractivity contribution is 5.82. The molecule has 0 spiro atoms. The van der Waals surface area contributed by atoms with Crippen molar-refractivity contribution < 1.29 is 9.90 Å². The highest BCUT2D eigenvalue weighted by Gasteiger charge is 2.14. The number of rotatable bonds is 5. The van der Waals surface area contributed by atoms with E-state index in [1.54, 1.807) is 4.57 Å². The molecule has 0 aliphatic carbocycles. The molecule has 0 fully saturated rings. The summed E-state index contributed by atoms with van der Waals surface area (Å²) in [6, 6.07) is 15.7. The SMILES string of the molecule is CN(C)Cc1ccc(-c2nc3ccccc3n2CC(=O)O)cc1. The van der Waals surface area contributed by atoms with Gasteiger partial charge < -0.3 is 14.6 Å². The lowest BCUT2D eigenvalue weighted by atomic mass is 10.1. The maximum Gasteiger partial charge on any atom is 0.323 e. The number of aromatic nitrogens is 2. The smallest absolute Gasteiger partial charge is 0.323 e. The Morgan fingerprint density at radius 3 is 2.48 bits per heavy atom. The second kappa shape index (κ2) is 6.22. The van der Waals surface area contributed by atoms with Crippen molar-refractivity contribution in [1.82, 2.24) is 14.5 Å². The topological polar surface area (TPSA) is 58.4 Å². The molecule has 5 heteroatoms. The molecule has 3 aromatic rings. The second-order valence-corrected chi connectivity index (χ2v) is 5.84.